The van der Waals surface area contributed by atoms with E-state index in [2.05, 4.69) is 38.7 Å². The summed E-state index contributed by atoms with van der Waals surface area (Å²) in [4.78, 5) is 25.0. The third-order valence-corrected chi connectivity index (χ3v) is 6.65. The van der Waals surface area contributed by atoms with E-state index in [0.29, 0.717) is 5.92 Å². The minimum atomic E-state index is -0.204. The van der Waals surface area contributed by atoms with Crippen LogP contribution in [0, 0.1) is 5.92 Å². The average molecular weight is 461 g/mol. The third kappa shape index (κ3) is 5.61. The van der Waals surface area contributed by atoms with Crippen molar-refractivity contribution in [2.45, 2.75) is 49.3 Å². The molecule has 1 aliphatic carbocycles. The maximum atomic E-state index is 12.9. The number of nitrogens with one attached hydrogen (secondary N) is 2. The molecule has 1 fully saturated rings. The molecule has 0 bridgehead atoms. The van der Waals surface area contributed by atoms with E-state index in [4.69, 9.17) is 0 Å². The second kappa shape index (κ2) is 9.61. The van der Waals surface area contributed by atoms with Gasteiger partial charge in [-0.1, -0.05) is 34.5 Å². The lowest BCUT2D eigenvalue weighted by Crippen LogP contribution is -2.39. The van der Waals surface area contributed by atoms with Crippen molar-refractivity contribution in [1.29, 1.82) is 0 Å². The van der Waals surface area contributed by atoms with Crippen molar-refractivity contribution in [3.8, 4) is 0 Å². The van der Waals surface area contributed by atoms with Crippen molar-refractivity contribution in [1.82, 2.24) is 5.32 Å². The monoisotopic (exact) mass is 460 g/mol. The minimum absolute atomic E-state index is 0.0516. The van der Waals surface area contributed by atoms with Crippen LogP contribution in [0.15, 0.2) is 57.9 Å². The molecule has 2 unspecified atom stereocenters. The van der Waals surface area contributed by atoms with E-state index in [1.807, 2.05) is 43.3 Å². The van der Waals surface area contributed by atoms with E-state index in [9.17, 15) is 9.59 Å². The fourth-order valence-electron chi connectivity index (χ4n) is 3.26. The molecule has 0 aliphatic heterocycles. The highest BCUT2D eigenvalue weighted by atomic mass is 79.9. The molecule has 2 N–H and O–H groups in total. The maximum absolute atomic E-state index is 12.9. The largest absolute Gasteiger partial charge is 0.348 e. The zero-order valence-corrected chi connectivity index (χ0v) is 18.5. The number of carbonyl (C=O) groups is 2. The van der Waals surface area contributed by atoms with Crippen LogP contribution in [0.1, 0.15) is 44.7 Å². The van der Waals surface area contributed by atoms with Crippen LogP contribution < -0.4 is 10.6 Å². The summed E-state index contributed by atoms with van der Waals surface area (Å²) in [5.74, 6) is 0.471. The molecule has 0 radical (unpaired) electrons. The first kappa shape index (κ1) is 20.9. The van der Waals surface area contributed by atoms with Gasteiger partial charge in [0.15, 0.2) is 0 Å². The van der Waals surface area contributed by atoms with Crippen LogP contribution in [0.4, 0.5) is 5.69 Å². The Morgan fingerprint density at radius 3 is 2.25 bits per heavy atom. The van der Waals surface area contributed by atoms with Crippen molar-refractivity contribution in [3.05, 3.63) is 58.6 Å². The van der Waals surface area contributed by atoms with Crippen molar-refractivity contribution >= 4 is 45.2 Å². The fourth-order valence-corrected chi connectivity index (χ4v) is 4.41. The molecule has 2 atom stereocenters. The van der Waals surface area contributed by atoms with Gasteiger partial charge in [0.2, 0.25) is 11.8 Å². The van der Waals surface area contributed by atoms with Crippen LogP contribution in [-0.2, 0) is 9.59 Å². The topological polar surface area (TPSA) is 58.2 Å². The summed E-state index contributed by atoms with van der Waals surface area (Å²) in [5, 5.41) is 5.83. The van der Waals surface area contributed by atoms with Crippen LogP contribution in [0.2, 0.25) is 0 Å². The first-order valence-electron chi connectivity index (χ1n) is 9.52. The molecule has 2 amide bonds. The Hall–Kier alpha value is -1.79. The van der Waals surface area contributed by atoms with Crippen LogP contribution in [-0.4, -0.2) is 17.1 Å². The molecule has 1 saturated carbocycles. The molecule has 4 nitrogen and oxygen atoms in total. The molecule has 0 saturated heterocycles. The molecule has 0 spiro atoms. The number of halogens is 1. The SMILES string of the molecule is CC(=O)Nc1ccc(SC(C)C(=O)NC(c2ccc(Br)cc2)C2CCC2)cc1. The van der Waals surface area contributed by atoms with Crippen molar-refractivity contribution in [2.75, 3.05) is 5.32 Å². The van der Waals surface area contributed by atoms with E-state index in [0.717, 1.165) is 33.5 Å². The van der Waals surface area contributed by atoms with Gasteiger partial charge in [-0.2, -0.15) is 0 Å². The second-order valence-electron chi connectivity index (χ2n) is 7.19. The third-order valence-electron chi connectivity index (χ3n) is 5.00. The van der Waals surface area contributed by atoms with E-state index >= 15 is 0 Å². The van der Waals surface area contributed by atoms with Gasteiger partial charge in [0.1, 0.15) is 0 Å². The zero-order valence-electron chi connectivity index (χ0n) is 16.1. The Kier molecular flexibility index (Phi) is 7.18. The summed E-state index contributed by atoms with van der Waals surface area (Å²) in [6.07, 6.45) is 3.55. The zero-order chi connectivity index (χ0) is 20.1. The van der Waals surface area contributed by atoms with Gasteiger partial charge in [-0.25, -0.2) is 0 Å². The molecule has 0 aromatic heterocycles. The van der Waals surface area contributed by atoms with Crippen LogP contribution in [0.3, 0.4) is 0 Å². The standard InChI is InChI=1S/C22H25BrN2O2S/c1-14(28-20-12-10-19(11-13-20)24-15(2)26)22(27)25-21(16-4-3-5-16)17-6-8-18(23)9-7-17/h6-14,16,21H,3-5H2,1-2H3,(H,24,26)(H,25,27). The predicted molar refractivity (Wildman–Crippen MR) is 118 cm³/mol. The van der Waals surface area contributed by atoms with Crippen LogP contribution >= 0.6 is 27.7 Å². The Morgan fingerprint density at radius 1 is 1.07 bits per heavy atom. The summed E-state index contributed by atoms with van der Waals surface area (Å²) >= 11 is 5.00. The van der Waals surface area contributed by atoms with Crippen LogP contribution in [0.5, 0.6) is 0 Å². The number of hydrogen-bond acceptors (Lipinski definition) is 3. The molecule has 3 rings (SSSR count). The van der Waals surface area contributed by atoms with Gasteiger partial charge in [0.25, 0.3) is 0 Å². The Morgan fingerprint density at radius 2 is 1.71 bits per heavy atom. The Bertz CT molecular complexity index is 819. The quantitative estimate of drug-likeness (QED) is 0.532. The van der Waals surface area contributed by atoms with Crippen LogP contribution in [0.25, 0.3) is 0 Å². The van der Waals surface area contributed by atoms with E-state index < -0.39 is 0 Å². The van der Waals surface area contributed by atoms with Gasteiger partial charge in [0, 0.05) is 22.0 Å². The summed E-state index contributed by atoms with van der Waals surface area (Å²) in [5.41, 5.74) is 1.92. The highest BCUT2D eigenvalue weighted by Gasteiger charge is 2.31. The number of carbonyl (C=O) groups excluding carboxylic acids is 2. The lowest BCUT2D eigenvalue weighted by molar-refractivity contribution is -0.121. The first-order valence-corrected chi connectivity index (χ1v) is 11.2. The highest BCUT2D eigenvalue weighted by molar-refractivity contribution is 9.10. The Balaban J connectivity index is 1.62. The molecular weight excluding hydrogens is 436 g/mol. The van der Waals surface area contributed by atoms with Crippen molar-refractivity contribution in [2.24, 2.45) is 5.92 Å². The summed E-state index contributed by atoms with van der Waals surface area (Å²) in [6.45, 7) is 3.42. The fraction of sp³-hybridized carbons (Fsp3) is 0.364. The maximum Gasteiger partial charge on any atom is 0.233 e. The number of amides is 2. The molecule has 148 valence electrons. The summed E-state index contributed by atoms with van der Waals surface area (Å²) in [6, 6.07) is 15.9. The lowest BCUT2D eigenvalue weighted by atomic mass is 9.77. The number of anilines is 1. The molecular formula is C22H25BrN2O2S. The van der Waals surface area contributed by atoms with Gasteiger partial charge in [0.05, 0.1) is 11.3 Å². The number of rotatable bonds is 7. The van der Waals surface area contributed by atoms with Gasteiger partial charge in [-0.05, 0) is 67.6 Å². The van der Waals surface area contributed by atoms with E-state index in [1.165, 1.54) is 25.1 Å². The van der Waals surface area contributed by atoms with Gasteiger partial charge in [-0.3, -0.25) is 9.59 Å². The molecule has 2 aromatic carbocycles. The molecule has 0 heterocycles. The lowest BCUT2D eigenvalue weighted by Gasteiger charge is -2.35. The average Bonchev–Trinajstić information content (AvgIpc) is 2.61. The molecule has 28 heavy (non-hydrogen) atoms. The molecule has 1 aliphatic rings. The van der Waals surface area contributed by atoms with E-state index in [1.54, 1.807) is 0 Å². The van der Waals surface area contributed by atoms with Crippen molar-refractivity contribution < 1.29 is 9.59 Å². The summed E-state index contributed by atoms with van der Waals surface area (Å²) < 4.78 is 1.04. The molecule has 2 aromatic rings. The normalized spacial score (nSPS) is 16.0. The smallest absolute Gasteiger partial charge is 0.233 e. The highest BCUT2D eigenvalue weighted by Crippen LogP contribution is 2.38. The number of benzene rings is 2. The summed E-state index contributed by atoms with van der Waals surface area (Å²) in [7, 11) is 0. The molecule has 6 heteroatoms. The van der Waals surface area contributed by atoms with Crippen molar-refractivity contribution in [3.63, 3.8) is 0 Å². The number of hydrogen-bond donors (Lipinski definition) is 2. The Labute approximate surface area is 179 Å². The predicted octanol–water partition coefficient (Wildman–Crippen LogP) is 5.55. The number of thioether (sulfide) groups is 1. The van der Waals surface area contributed by atoms with E-state index in [-0.39, 0.29) is 23.1 Å². The van der Waals surface area contributed by atoms with Gasteiger partial charge in [-0.15, -0.1) is 11.8 Å². The van der Waals surface area contributed by atoms with Gasteiger partial charge < -0.3 is 10.6 Å². The van der Waals surface area contributed by atoms with Gasteiger partial charge >= 0.3 is 0 Å². The second-order valence-corrected chi connectivity index (χ2v) is 9.52. The first-order chi connectivity index (χ1) is 13.4. The minimum Gasteiger partial charge on any atom is -0.348 e.